The van der Waals surface area contributed by atoms with E-state index in [1.807, 2.05) is 36.5 Å². The molecule has 4 heterocycles. The second kappa shape index (κ2) is 11.1. The van der Waals surface area contributed by atoms with Gasteiger partial charge in [0, 0.05) is 63.6 Å². The molecule has 1 aliphatic heterocycles. The molecule has 0 radical (unpaired) electrons. The van der Waals surface area contributed by atoms with E-state index in [4.69, 9.17) is 16.6 Å². The molecular weight excluding hydrogens is 498 g/mol. The zero-order valence-electron chi connectivity index (χ0n) is 22.2. The molecule has 8 nitrogen and oxygen atoms in total. The smallest absolute Gasteiger partial charge is 0.220 e. The fraction of sp³-hybridized carbons (Fsp3) is 0.379. The third-order valence-electron chi connectivity index (χ3n) is 6.67. The largest absolute Gasteiger partial charge is 0.366 e. The van der Waals surface area contributed by atoms with Gasteiger partial charge in [-0.05, 0) is 22.6 Å². The Morgan fingerprint density at radius 1 is 1.05 bits per heavy atom. The number of rotatable bonds is 7. The van der Waals surface area contributed by atoms with E-state index in [1.54, 1.807) is 12.4 Å². The first kappa shape index (κ1) is 26.1. The molecule has 0 unspecified atom stereocenters. The predicted molar refractivity (Wildman–Crippen MR) is 152 cm³/mol. The summed E-state index contributed by atoms with van der Waals surface area (Å²) in [5.41, 5.74) is 5.64. The number of fused-ring (bicyclic) bond motifs is 1. The lowest BCUT2D eigenvalue weighted by Crippen LogP contribution is -2.46. The number of aromatic nitrogens is 4. The molecule has 2 N–H and O–H groups in total. The van der Waals surface area contributed by atoms with Gasteiger partial charge in [-0.1, -0.05) is 62.7 Å². The van der Waals surface area contributed by atoms with Gasteiger partial charge in [-0.25, -0.2) is 9.97 Å². The molecule has 0 aliphatic carbocycles. The average molecular weight is 532 g/mol. The Morgan fingerprint density at radius 3 is 2.50 bits per heavy atom. The van der Waals surface area contributed by atoms with Crippen LogP contribution >= 0.6 is 11.6 Å². The molecular formula is C29H34ClN7O. The summed E-state index contributed by atoms with van der Waals surface area (Å²) in [6, 6.07) is 12.2. The van der Waals surface area contributed by atoms with Crippen LogP contribution in [0.4, 0.5) is 5.69 Å². The fourth-order valence-electron chi connectivity index (χ4n) is 4.77. The molecule has 0 spiro atoms. The molecule has 198 valence electrons. The second-order valence-electron chi connectivity index (χ2n) is 11.1. The van der Waals surface area contributed by atoms with Crippen molar-refractivity contribution in [3.63, 3.8) is 0 Å². The van der Waals surface area contributed by atoms with Crippen LogP contribution in [-0.4, -0.2) is 56.9 Å². The number of hydrogen-bond donors (Lipinski definition) is 2. The molecule has 3 aromatic heterocycles. The van der Waals surface area contributed by atoms with Gasteiger partial charge in [0.1, 0.15) is 11.3 Å². The Labute approximate surface area is 228 Å². The van der Waals surface area contributed by atoms with Crippen molar-refractivity contribution in [1.29, 1.82) is 0 Å². The number of carbonyl (C=O) groups is 1. The minimum absolute atomic E-state index is 0.0293. The van der Waals surface area contributed by atoms with Crippen molar-refractivity contribution in [3.05, 3.63) is 71.1 Å². The number of nitrogens with one attached hydrogen (secondary N) is 2. The first-order valence-electron chi connectivity index (χ1n) is 13.0. The van der Waals surface area contributed by atoms with Crippen LogP contribution in [0.1, 0.15) is 38.3 Å². The summed E-state index contributed by atoms with van der Waals surface area (Å²) in [4.78, 5) is 33.9. The number of anilines is 1. The number of imidazole rings is 1. The van der Waals surface area contributed by atoms with E-state index in [2.05, 4.69) is 56.9 Å². The number of piperazine rings is 1. The highest BCUT2D eigenvalue weighted by atomic mass is 35.5. The number of aromatic amines is 1. The van der Waals surface area contributed by atoms with Gasteiger partial charge >= 0.3 is 0 Å². The summed E-state index contributed by atoms with van der Waals surface area (Å²) in [6.07, 6.45) is 5.92. The highest BCUT2D eigenvalue weighted by Crippen LogP contribution is 2.34. The number of carbonyl (C=O) groups excluding carboxylic acids is 1. The van der Waals surface area contributed by atoms with Crippen LogP contribution in [0.3, 0.4) is 0 Å². The summed E-state index contributed by atoms with van der Waals surface area (Å²) in [5, 5.41) is 3.62. The summed E-state index contributed by atoms with van der Waals surface area (Å²) in [5.74, 6) is 0.807. The maximum absolute atomic E-state index is 12.2. The van der Waals surface area contributed by atoms with Crippen LogP contribution in [0, 0.1) is 5.41 Å². The van der Waals surface area contributed by atoms with Crippen molar-refractivity contribution in [2.24, 2.45) is 5.41 Å². The van der Waals surface area contributed by atoms with Crippen LogP contribution in [0.2, 0.25) is 5.02 Å². The summed E-state index contributed by atoms with van der Waals surface area (Å²) in [7, 11) is 0. The lowest BCUT2D eigenvalue weighted by molar-refractivity contribution is -0.122. The van der Waals surface area contributed by atoms with Crippen molar-refractivity contribution in [2.45, 2.75) is 40.3 Å². The van der Waals surface area contributed by atoms with Gasteiger partial charge in [-0.15, -0.1) is 0 Å². The number of pyridine rings is 2. The molecule has 5 rings (SSSR count). The van der Waals surface area contributed by atoms with Crippen molar-refractivity contribution >= 4 is 34.4 Å². The third-order valence-corrected chi connectivity index (χ3v) is 6.95. The van der Waals surface area contributed by atoms with Gasteiger partial charge in [0.2, 0.25) is 5.91 Å². The molecule has 0 saturated carbocycles. The Kier molecular flexibility index (Phi) is 7.63. The molecule has 1 aliphatic rings. The first-order valence-corrected chi connectivity index (χ1v) is 13.4. The van der Waals surface area contributed by atoms with E-state index in [-0.39, 0.29) is 11.3 Å². The van der Waals surface area contributed by atoms with E-state index in [9.17, 15) is 4.79 Å². The van der Waals surface area contributed by atoms with E-state index < -0.39 is 0 Å². The molecule has 1 fully saturated rings. The number of nitrogens with zero attached hydrogens (tertiary/aromatic N) is 5. The predicted octanol–water partition coefficient (Wildman–Crippen LogP) is 5.05. The van der Waals surface area contributed by atoms with Crippen LogP contribution in [-0.2, 0) is 17.9 Å². The Balaban J connectivity index is 1.27. The number of amides is 1. The van der Waals surface area contributed by atoms with E-state index in [0.717, 1.165) is 60.9 Å². The highest BCUT2D eigenvalue weighted by molar-refractivity contribution is 6.34. The minimum Gasteiger partial charge on any atom is -0.366 e. The molecule has 38 heavy (non-hydrogen) atoms. The quantitative estimate of drug-likeness (QED) is 0.347. The normalized spacial score (nSPS) is 14.7. The van der Waals surface area contributed by atoms with Crippen molar-refractivity contribution < 1.29 is 4.79 Å². The standard InChI is InChI=1S/C29H34ClN7O/c1-29(2,3)15-24(38)32-17-20-6-8-22(9-7-20)27-34-25-26(23(30)18-33-28(25)35-27)37-13-11-36(12-14-37)19-21-5-4-10-31-16-21/h4-10,16,18H,11-15,17,19H2,1-3H3,(H,32,38)(H,33,34,35). The third kappa shape index (κ3) is 6.31. The van der Waals surface area contributed by atoms with Gasteiger partial charge in [0.05, 0.1) is 16.9 Å². The maximum Gasteiger partial charge on any atom is 0.220 e. The van der Waals surface area contributed by atoms with Crippen molar-refractivity contribution in [2.75, 3.05) is 31.1 Å². The number of H-pyrrole nitrogens is 1. The monoisotopic (exact) mass is 531 g/mol. The molecule has 9 heteroatoms. The zero-order chi connectivity index (χ0) is 26.7. The zero-order valence-corrected chi connectivity index (χ0v) is 22.9. The van der Waals surface area contributed by atoms with Gasteiger partial charge in [-0.3, -0.25) is 14.7 Å². The molecule has 0 atom stereocenters. The first-order chi connectivity index (χ1) is 18.2. The highest BCUT2D eigenvalue weighted by Gasteiger charge is 2.23. The Morgan fingerprint density at radius 2 is 1.82 bits per heavy atom. The van der Waals surface area contributed by atoms with Gasteiger partial charge in [0.25, 0.3) is 0 Å². The maximum atomic E-state index is 12.2. The van der Waals surface area contributed by atoms with E-state index in [0.29, 0.717) is 23.6 Å². The number of halogens is 1. The topological polar surface area (TPSA) is 90.0 Å². The summed E-state index contributed by atoms with van der Waals surface area (Å²) >= 11 is 6.67. The SMILES string of the molecule is CC(C)(C)CC(=O)NCc1ccc(-c2nc3ncc(Cl)c(N4CCN(Cc5cccnc5)CC4)c3[nH]2)cc1. The lowest BCUT2D eigenvalue weighted by atomic mass is 9.92. The van der Waals surface area contributed by atoms with Crippen LogP contribution in [0.5, 0.6) is 0 Å². The molecule has 1 amide bonds. The summed E-state index contributed by atoms with van der Waals surface area (Å²) < 4.78 is 0. The van der Waals surface area contributed by atoms with Crippen LogP contribution in [0.25, 0.3) is 22.6 Å². The van der Waals surface area contributed by atoms with Gasteiger partial charge < -0.3 is 15.2 Å². The lowest BCUT2D eigenvalue weighted by Gasteiger charge is -2.36. The second-order valence-corrected chi connectivity index (χ2v) is 11.5. The minimum atomic E-state index is -0.0293. The van der Waals surface area contributed by atoms with Gasteiger partial charge in [0.15, 0.2) is 5.65 Å². The number of benzene rings is 1. The van der Waals surface area contributed by atoms with Crippen molar-refractivity contribution in [1.82, 2.24) is 30.2 Å². The molecule has 0 bridgehead atoms. The van der Waals surface area contributed by atoms with E-state index >= 15 is 0 Å². The molecule has 4 aromatic rings. The van der Waals surface area contributed by atoms with E-state index in [1.165, 1.54) is 5.56 Å². The summed E-state index contributed by atoms with van der Waals surface area (Å²) in [6.45, 7) is 11.2. The average Bonchev–Trinajstić information content (AvgIpc) is 3.32. The van der Waals surface area contributed by atoms with Crippen molar-refractivity contribution in [3.8, 4) is 11.4 Å². The molecule has 1 aromatic carbocycles. The fourth-order valence-corrected chi connectivity index (χ4v) is 5.03. The Hall–Kier alpha value is -3.49. The van der Waals surface area contributed by atoms with Crippen LogP contribution < -0.4 is 10.2 Å². The number of hydrogen-bond acceptors (Lipinski definition) is 6. The van der Waals surface area contributed by atoms with Gasteiger partial charge in [-0.2, -0.15) is 0 Å². The molecule has 1 saturated heterocycles. The Bertz CT molecular complexity index is 1390. The van der Waals surface area contributed by atoms with Crippen LogP contribution in [0.15, 0.2) is 55.0 Å².